The molecule has 0 bridgehead atoms. The Bertz CT molecular complexity index is 363. The molecule has 5 heteroatoms. The molecular formula is C11H13Cl2NO2. The zero-order chi connectivity index (χ0) is 12.1. The molecule has 0 saturated heterocycles. The lowest BCUT2D eigenvalue weighted by atomic mass is 10.2. The van der Waals surface area contributed by atoms with Crippen LogP contribution in [0.3, 0.4) is 0 Å². The van der Waals surface area contributed by atoms with Gasteiger partial charge < -0.3 is 4.57 Å². The van der Waals surface area contributed by atoms with Crippen molar-refractivity contribution in [2.75, 3.05) is 0 Å². The Labute approximate surface area is 104 Å². The first-order chi connectivity index (χ1) is 7.50. The van der Waals surface area contributed by atoms with Crippen LogP contribution in [0.1, 0.15) is 24.2 Å². The van der Waals surface area contributed by atoms with Crippen molar-refractivity contribution < 1.29 is 9.59 Å². The number of hydrogen-bond donors (Lipinski definition) is 0. The van der Waals surface area contributed by atoms with Crippen LogP contribution < -0.4 is 0 Å². The lowest BCUT2D eigenvalue weighted by Gasteiger charge is -2.05. The second-order valence-electron chi connectivity index (χ2n) is 3.59. The molecule has 0 aromatic carbocycles. The molecule has 1 rings (SSSR count). The van der Waals surface area contributed by atoms with Crippen LogP contribution in [-0.2, 0) is 29.5 Å². The van der Waals surface area contributed by atoms with Crippen LogP contribution >= 0.6 is 23.2 Å². The van der Waals surface area contributed by atoms with Crippen molar-refractivity contribution in [3.05, 3.63) is 23.5 Å². The minimum Gasteiger partial charge on any atom is -0.352 e. The maximum Gasteiger partial charge on any atom is 0.222 e. The average molecular weight is 262 g/mol. The van der Waals surface area contributed by atoms with E-state index in [-0.39, 0.29) is 10.5 Å². The van der Waals surface area contributed by atoms with E-state index in [9.17, 15) is 9.59 Å². The van der Waals surface area contributed by atoms with E-state index >= 15 is 0 Å². The van der Waals surface area contributed by atoms with Crippen molar-refractivity contribution in [1.82, 2.24) is 4.57 Å². The highest BCUT2D eigenvalue weighted by Crippen LogP contribution is 2.12. The summed E-state index contributed by atoms with van der Waals surface area (Å²) in [7, 11) is 1.90. The summed E-state index contributed by atoms with van der Waals surface area (Å²) in [5, 5.41) is -0.669. The van der Waals surface area contributed by atoms with Crippen LogP contribution in [0, 0.1) is 0 Å². The topological polar surface area (TPSA) is 39.1 Å². The van der Waals surface area contributed by atoms with Gasteiger partial charge in [-0.2, -0.15) is 0 Å². The first-order valence-corrected chi connectivity index (χ1v) is 5.76. The highest BCUT2D eigenvalue weighted by atomic mass is 35.5. The van der Waals surface area contributed by atoms with E-state index in [1.54, 1.807) is 0 Å². The molecule has 1 heterocycles. The number of aromatic nitrogens is 1. The van der Waals surface area contributed by atoms with Crippen molar-refractivity contribution in [2.24, 2.45) is 7.05 Å². The van der Waals surface area contributed by atoms with E-state index < -0.39 is 0 Å². The highest BCUT2D eigenvalue weighted by molar-refractivity contribution is 6.63. The summed E-state index contributed by atoms with van der Waals surface area (Å²) in [6, 6.07) is 3.88. The predicted molar refractivity (Wildman–Crippen MR) is 63.8 cm³/mol. The molecule has 0 unspecified atom stereocenters. The van der Waals surface area contributed by atoms with Crippen molar-refractivity contribution >= 4 is 33.7 Å². The van der Waals surface area contributed by atoms with Crippen LogP contribution in [0.25, 0.3) is 0 Å². The molecule has 0 saturated carbocycles. The van der Waals surface area contributed by atoms with Crippen LogP contribution in [0.4, 0.5) is 0 Å². The maximum absolute atomic E-state index is 10.6. The van der Waals surface area contributed by atoms with E-state index in [0.717, 1.165) is 11.4 Å². The van der Waals surface area contributed by atoms with Gasteiger partial charge in [0.05, 0.1) is 0 Å². The largest absolute Gasteiger partial charge is 0.352 e. The molecule has 3 nitrogen and oxygen atoms in total. The monoisotopic (exact) mass is 261 g/mol. The van der Waals surface area contributed by atoms with Gasteiger partial charge in [-0.15, -0.1) is 0 Å². The Kier molecular flexibility index (Phi) is 5.03. The fourth-order valence-electron chi connectivity index (χ4n) is 1.56. The van der Waals surface area contributed by atoms with E-state index in [1.165, 1.54) is 0 Å². The number of halogens is 2. The highest BCUT2D eigenvalue weighted by Gasteiger charge is 2.07. The Morgan fingerprint density at radius 1 is 1.06 bits per heavy atom. The standard InChI is InChI=1S/C11H13Cl2NO2/c1-14-8(4-6-10(12)15)2-3-9(14)5-7-11(13)16/h2-3H,4-7H2,1H3. The predicted octanol–water partition coefficient (Wildman–Crippen LogP) is 2.42. The van der Waals surface area contributed by atoms with Crippen molar-refractivity contribution in [2.45, 2.75) is 25.7 Å². The van der Waals surface area contributed by atoms with E-state index in [0.29, 0.717) is 25.7 Å². The molecule has 0 atom stereocenters. The van der Waals surface area contributed by atoms with Gasteiger partial charge in [-0.3, -0.25) is 9.59 Å². The van der Waals surface area contributed by atoms with Crippen LogP contribution in [-0.4, -0.2) is 15.1 Å². The van der Waals surface area contributed by atoms with Gasteiger partial charge in [0.1, 0.15) is 0 Å². The molecule has 1 aromatic heterocycles. The number of rotatable bonds is 6. The summed E-state index contributed by atoms with van der Waals surface area (Å²) < 4.78 is 1.97. The summed E-state index contributed by atoms with van der Waals surface area (Å²) in [6.07, 6.45) is 1.89. The van der Waals surface area contributed by atoms with Gasteiger partial charge in [-0.1, -0.05) is 0 Å². The second-order valence-corrected chi connectivity index (χ2v) is 4.43. The van der Waals surface area contributed by atoms with Crippen LogP contribution in [0.2, 0.25) is 0 Å². The molecular weight excluding hydrogens is 249 g/mol. The van der Waals surface area contributed by atoms with Gasteiger partial charge in [0.15, 0.2) is 0 Å². The normalized spacial score (nSPS) is 10.4. The average Bonchev–Trinajstić information content (AvgIpc) is 2.53. The Hall–Kier alpha value is -0.800. The summed E-state index contributed by atoms with van der Waals surface area (Å²) in [5.74, 6) is 0. The molecule has 0 fully saturated rings. The van der Waals surface area contributed by atoms with Gasteiger partial charge in [0.2, 0.25) is 10.5 Å². The Balaban J connectivity index is 2.61. The van der Waals surface area contributed by atoms with Crippen LogP contribution in [0.5, 0.6) is 0 Å². The zero-order valence-electron chi connectivity index (χ0n) is 9.00. The number of hydrogen-bond acceptors (Lipinski definition) is 2. The Morgan fingerprint density at radius 3 is 1.75 bits per heavy atom. The van der Waals surface area contributed by atoms with E-state index in [4.69, 9.17) is 23.2 Å². The third-order valence-electron chi connectivity index (χ3n) is 2.49. The molecule has 0 radical (unpaired) electrons. The summed E-state index contributed by atoms with van der Waals surface area (Å²) in [5.41, 5.74) is 2.07. The van der Waals surface area contributed by atoms with E-state index in [2.05, 4.69) is 0 Å². The lowest BCUT2D eigenvalue weighted by molar-refractivity contribution is -0.112. The van der Waals surface area contributed by atoms with Crippen LogP contribution in [0.15, 0.2) is 12.1 Å². The van der Waals surface area contributed by atoms with Gasteiger partial charge in [-0.05, 0) is 48.2 Å². The fraction of sp³-hybridized carbons (Fsp3) is 0.455. The molecule has 0 spiro atoms. The number of aryl methyl sites for hydroxylation is 2. The third kappa shape index (κ3) is 3.99. The smallest absolute Gasteiger partial charge is 0.222 e. The molecule has 0 aliphatic rings. The SMILES string of the molecule is Cn1c(CCC(=O)Cl)ccc1CCC(=O)Cl. The van der Waals surface area contributed by atoms with E-state index in [1.807, 2.05) is 23.7 Å². The first-order valence-electron chi connectivity index (χ1n) is 5.01. The summed E-state index contributed by atoms with van der Waals surface area (Å²) in [6.45, 7) is 0. The van der Waals surface area contributed by atoms with Crippen molar-refractivity contribution in [3.8, 4) is 0 Å². The van der Waals surface area contributed by atoms with Gasteiger partial charge in [-0.25, -0.2) is 0 Å². The molecule has 0 amide bonds. The van der Waals surface area contributed by atoms with Gasteiger partial charge >= 0.3 is 0 Å². The minimum absolute atomic E-state index is 0.327. The van der Waals surface area contributed by atoms with Crippen molar-refractivity contribution in [3.63, 3.8) is 0 Å². The molecule has 1 aromatic rings. The maximum atomic E-state index is 10.6. The van der Waals surface area contributed by atoms with Gasteiger partial charge in [0.25, 0.3) is 0 Å². The minimum atomic E-state index is -0.335. The first kappa shape index (κ1) is 13.3. The van der Waals surface area contributed by atoms with Gasteiger partial charge in [0, 0.05) is 31.3 Å². The number of carbonyl (C=O) groups excluding carboxylic acids is 2. The lowest BCUT2D eigenvalue weighted by Crippen LogP contribution is -2.04. The second kappa shape index (κ2) is 6.06. The number of carbonyl (C=O) groups is 2. The molecule has 16 heavy (non-hydrogen) atoms. The summed E-state index contributed by atoms with van der Waals surface area (Å²) in [4.78, 5) is 21.3. The fourth-order valence-corrected chi connectivity index (χ4v) is 1.74. The third-order valence-corrected chi connectivity index (χ3v) is 2.86. The molecule has 0 aliphatic heterocycles. The molecule has 0 aliphatic carbocycles. The molecule has 0 N–H and O–H groups in total. The zero-order valence-corrected chi connectivity index (χ0v) is 10.5. The number of nitrogens with zero attached hydrogens (tertiary/aromatic N) is 1. The Morgan fingerprint density at radius 2 is 1.44 bits per heavy atom. The summed E-state index contributed by atoms with van der Waals surface area (Å²) >= 11 is 10.6. The quantitative estimate of drug-likeness (QED) is 0.738. The molecule has 88 valence electrons. The van der Waals surface area contributed by atoms with Crippen molar-refractivity contribution in [1.29, 1.82) is 0 Å².